The predicted molar refractivity (Wildman–Crippen MR) is 104 cm³/mol. The van der Waals surface area contributed by atoms with Gasteiger partial charge < -0.3 is 4.79 Å². The fourth-order valence-electron chi connectivity index (χ4n) is 3.97. The second-order valence-electron chi connectivity index (χ2n) is 7.18. The van der Waals surface area contributed by atoms with Crippen molar-refractivity contribution < 1.29 is 9.18 Å². The molecule has 0 saturated carbocycles. The van der Waals surface area contributed by atoms with Crippen molar-refractivity contribution in [3.63, 3.8) is 0 Å². The summed E-state index contributed by atoms with van der Waals surface area (Å²) in [5.74, 6) is -0.202. The van der Waals surface area contributed by atoms with Gasteiger partial charge in [0.25, 0.3) is 0 Å². The van der Waals surface area contributed by atoms with Crippen LogP contribution in [0.4, 0.5) is 4.39 Å². The van der Waals surface area contributed by atoms with Gasteiger partial charge in [0.1, 0.15) is 12.1 Å². The molecule has 0 spiro atoms. The van der Waals surface area contributed by atoms with Crippen LogP contribution >= 0.6 is 0 Å². The number of hydrogen-bond acceptors (Lipinski definition) is 3. The Balaban J connectivity index is 1.67. The molecule has 0 N–H and O–H groups in total. The van der Waals surface area contributed by atoms with Crippen LogP contribution in [0.25, 0.3) is 11.1 Å². The topological polar surface area (TPSA) is 33.2 Å². The minimum Gasteiger partial charge on any atom is -0.301 e. The van der Waals surface area contributed by atoms with Crippen molar-refractivity contribution in [3.05, 3.63) is 88.5 Å². The van der Waals surface area contributed by atoms with E-state index in [1.54, 1.807) is 19.2 Å². The van der Waals surface area contributed by atoms with Crippen molar-refractivity contribution in [2.75, 3.05) is 0 Å². The summed E-state index contributed by atoms with van der Waals surface area (Å²) < 4.78 is 13.6. The SMILES string of the molecule is Cc1cc(CN2Cc3cc(-c4cccnc4)cc(C)c3C2C=O)ccc1F. The molecule has 1 aromatic heterocycles. The third-order valence-electron chi connectivity index (χ3n) is 5.27. The molecule has 0 saturated heterocycles. The summed E-state index contributed by atoms with van der Waals surface area (Å²) in [6.45, 7) is 5.13. The second kappa shape index (κ2) is 7.05. The lowest BCUT2D eigenvalue weighted by Gasteiger charge is -2.21. The van der Waals surface area contributed by atoms with Gasteiger partial charge in [0.2, 0.25) is 0 Å². The van der Waals surface area contributed by atoms with Crippen LogP contribution in [0.3, 0.4) is 0 Å². The Kier molecular flexibility index (Phi) is 4.58. The molecule has 27 heavy (non-hydrogen) atoms. The van der Waals surface area contributed by atoms with Gasteiger partial charge in [0.05, 0.1) is 6.04 Å². The molecule has 0 amide bonds. The van der Waals surface area contributed by atoms with E-state index < -0.39 is 0 Å². The van der Waals surface area contributed by atoms with Crippen LogP contribution in [-0.4, -0.2) is 16.2 Å². The molecule has 0 radical (unpaired) electrons. The van der Waals surface area contributed by atoms with Crippen molar-refractivity contribution in [1.82, 2.24) is 9.88 Å². The number of carbonyl (C=O) groups is 1. The molecule has 136 valence electrons. The molecule has 1 atom stereocenters. The highest BCUT2D eigenvalue weighted by atomic mass is 19.1. The number of benzene rings is 2. The molecule has 2 heterocycles. The minimum absolute atomic E-state index is 0.202. The molecule has 2 aromatic carbocycles. The first-order chi connectivity index (χ1) is 13.1. The fraction of sp³-hybridized carbons (Fsp3) is 0.217. The summed E-state index contributed by atoms with van der Waals surface area (Å²) in [7, 11) is 0. The number of halogens is 1. The second-order valence-corrected chi connectivity index (χ2v) is 7.18. The van der Waals surface area contributed by atoms with Crippen LogP contribution in [0.1, 0.15) is 33.9 Å². The van der Waals surface area contributed by atoms with Gasteiger partial charge in [-0.2, -0.15) is 0 Å². The van der Waals surface area contributed by atoms with Crippen molar-refractivity contribution in [1.29, 1.82) is 0 Å². The highest BCUT2D eigenvalue weighted by molar-refractivity contribution is 5.71. The number of aryl methyl sites for hydroxylation is 2. The molecule has 3 nitrogen and oxygen atoms in total. The number of fused-ring (bicyclic) bond motifs is 1. The standard InChI is InChI=1S/C23H21FN2O/c1-15-8-17(5-6-21(15)24)12-26-13-20-10-19(18-4-3-7-25-11-18)9-16(2)23(20)22(26)14-27/h3-11,14,22H,12-13H2,1-2H3. The number of rotatable bonds is 4. The molecular formula is C23H21FN2O. The summed E-state index contributed by atoms with van der Waals surface area (Å²) in [5.41, 5.74) is 7.20. The lowest BCUT2D eigenvalue weighted by Crippen LogP contribution is -2.23. The van der Waals surface area contributed by atoms with Gasteiger partial charge in [-0.15, -0.1) is 0 Å². The molecular weight excluding hydrogens is 339 g/mol. The van der Waals surface area contributed by atoms with Gasteiger partial charge in [-0.3, -0.25) is 9.88 Å². The van der Waals surface area contributed by atoms with Crippen molar-refractivity contribution in [3.8, 4) is 11.1 Å². The number of nitrogens with zero attached hydrogens (tertiary/aromatic N) is 2. The van der Waals surface area contributed by atoms with Crippen LogP contribution < -0.4 is 0 Å². The Labute approximate surface area is 158 Å². The summed E-state index contributed by atoms with van der Waals surface area (Å²) in [5, 5.41) is 0. The molecule has 4 heteroatoms. The first kappa shape index (κ1) is 17.6. The molecule has 0 fully saturated rings. The smallest absolute Gasteiger partial charge is 0.141 e. The lowest BCUT2D eigenvalue weighted by atomic mass is 9.94. The minimum atomic E-state index is -0.270. The van der Waals surface area contributed by atoms with Crippen molar-refractivity contribution in [2.45, 2.75) is 33.0 Å². The Hall–Kier alpha value is -2.85. The Morgan fingerprint density at radius 2 is 2.00 bits per heavy atom. The van der Waals surface area contributed by atoms with Gasteiger partial charge in [0, 0.05) is 31.0 Å². The molecule has 1 unspecified atom stereocenters. The summed E-state index contributed by atoms with van der Waals surface area (Å²) in [6, 6.07) is 13.1. The predicted octanol–water partition coefficient (Wildman–Crippen LogP) is 4.76. The highest BCUT2D eigenvalue weighted by Crippen LogP contribution is 2.38. The van der Waals surface area contributed by atoms with E-state index in [0.717, 1.165) is 34.1 Å². The van der Waals surface area contributed by atoms with E-state index in [1.165, 1.54) is 11.6 Å². The van der Waals surface area contributed by atoms with E-state index in [4.69, 9.17) is 0 Å². The van der Waals surface area contributed by atoms with Crippen molar-refractivity contribution in [2.24, 2.45) is 0 Å². The van der Waals surface area contributed by atoms with E-state index in [-0.39, 0.29) is 11.9 Å². The van der Waals surface area contributed by atoms with Gasteiger partial charge in [-0.1, -0.05) is 24.3 Å². The number of aromatic nitrogens is 1. The van der Waals surface area contributed by atoms with Crippen LogP contribution in [-0.2, 0) is 17.9 Å². The van der Waals surface area contributed by atoms with Crippen LogP contribution in [0.5, 0.6) is 0 Å². The zero-order chi connectivity index (χ0) is 19.0. The van der Waals surface area contributed by atoms with Gasteiger partial charge in [0.15, 0.2) is 0 Å². The molecule has 4 rings (SSSR count). The first-order valence-electron chi connectivity index (χ1n) is 9.05. The third-order valence-corrected chi connectivity index (χ3v) is 5.27. The number of pyridine rings is 1. The van der Waals surface area contributed by atoms with E-state index in [1.807, 2.05) is 24.4 Å². The van der Waals surface area contributed by atoms with Crippen LogP contribution in [0.2, 0.25) is 0 Å². The quantitative estimate of drug-likeness (QED) is 0.629. The van der Waals surface area contributed by atoms with E-state index in [9.17, 15) is 9.18 Å². The highest BCUT2D eigenvalue weighted by Gasteiger charge is 2.31. The maximum Gasteiger partial charge on any atom is 0.141 e. The number of aldehydes is 1. The van der Waals surface area contributed by atoms with E-state index in [0.29, 0.717) is 18.7 Å². The van der Waals surface area contributed by atoms with Gasteiger partial charge in [-0.25, -0.2) is 4.39 Å². The maximum absolute atomic E-state index is 13.6. The average Bonchev–Trinajstić information content (AvgIpc) is 3.03. The molecule has 0 aliphatic carbocycles. The lowest BCUT2D eigenvalue weighted by molar-refractivity contribution is -0.112. The maximum atomic E-state index is 13.6. The van der Waals surface area contributed by atoms with Crippen LogP contribution in [0, 0.1) is 19.7 Å². The Bertz CT molecular complexity index is 1000. The summed E-state index contributed by atoms with van der Waals surface area (Å²) in [6.07, 6.45) is 4.63. The third kappa shape index (κ3) is 3.28. The Morgan fingerprint density at radius 1 is 1.15 bits per heavy atom. The molecule has 0 bridgehead atoms. The first-order valence-corrected chi connectivity index (χ1v) is 9.05. The van der Waals surface area contributed by atoms with E-state index in [2.05, 4.69) is 28.9 Å². The molecule has 1 aliphatic rings. The monoisotopic (exact) mass is 360 g/mol. The molecule has 3 aromatic rings. The summed E-state index contributed by atoms with van der Waals surface area (Å²) >= 11 is 0. The Morgan fingerprint density at radius 3 is 2.70 bits per heavy atom. The molecule has 1 aliphatic heterocycles. The van der Waals surface area contributed by atoms with Crippen LogP contribution in [0.15, 0.2) is 54.9 Å². The van der Waals surface area contributed by atoms with Crippen molar-refractivity contribution >= 4 is 6.29 Å². The normalized spacial score (nSPS) is 16.3. The average molecular weight is 360 g/mol. The fourth-order valence-corrected chi connectivity index (χ4v) is 3.97. The summed E-state index contributed by atoms with van der Waals surface area (Å²) in [4.78, 5) is 18.2. The zero-order valence-electron chi connectivity index (χ0n) is 15.4. The van der Waals surface area contributed by atoms with Gasteiger partial charge in [-0.05, 0) is 65.4 Å². The number of carbonyl (C=O) groups excluding carboxylic acids is 1. The van der Waals surface area contributed by atoms with Gasteiger partial charge >= 0.3 is 0 Å². The van der Waals surface area contributed by atoms with E-state index >= 15 is 0 Å². The largest absolute Gasteiger partial charge is 0.301 e. The number of hydrogen-bond donors (Lipinski definition) is 0. The zero-order valence-corrected chi connectivity index (χ0v) is 15.4.